The zero-order valence-electron chi connectivity index (χ0n) is 15.1. The first-order chi connectivity index (χ1) is 12.6. The SMILES string of the molecule is Cc1ccc(-c2noc(CN(C)[C@@H](C)c3cc4ccccc4o3)n2)cc1. The van der Waals surface area contributed by atoms with Crippen LogP contribution in [-0.4, -0.2) is 22.1 Å². The third-order valence-corrected chi connectivity index (χ3v) is 4.68. The quantitative estimate of drug-likeness (QED) is 0.509. The fraction of sp³-hybridized carbons (Fsp3) is 0.238. The van der Waals surface area contributed by atoms with Crippen molar-refractivity contribution in [3.05, 3.63) is 71.8 Å². The van der Waals surface area contributed by atoms with Gasteiger partial charge < -0.3 is 8.94 Å². The Hall–Kier alpha value is -2.92. The molecular formula is C21H21N3O2. The van der Waals surface area contributed by atoms with Crippen molar-refractivity contribution in [2.45, 2.75) is 26.4 Å². The Morgan fingerprint density at radius 2 is 1.85 bits per heavy atom. The molecule has 0 saturated carbocycles. The molecular weight excluding hydrogens is 326 g/mol. The number of aryl methyl sites for hydroxylation is 1. The van der Waals surface area contributed by atoms with Crippen LogP contribution in [-0.2, 0) is 6.54 Å². The molecule has 0 saturated heterocycles. The average Bonchev–Trinajstić information content (AvgIpc) is 3.28. The first-order valence-corrected chi connectivity index (χ1v) is 8.68. The highest BCUT2D eigenvalue weighted by atomic mass is 16.5. The summed E-state index contributed by atoms with van der Waals surface area (Å²) in [5, 5.41) is 5.21. The molecule has 0 unspecified atom stereocenters. The van der Waals surface area contributed by atoms with Crippen LogP contribution in [0.4, 0.5) is 0 Å². The average molecular weight is 347 g/mol. The van der Waals surface area contributed by atoms with Crippen molar-refractivity contribution in [1.29, 1.82) is 0 Å². The molecule has 5 heteroatoms. The van der Waals surface area contributed by atoms with Gasteiger partial charge in [-0.05, 0) is 33.0 Å². The standard InChI is InChI=1S/C21H21N3O2/c1-14-8-10-16(11-9-14)21-22-20(26-23-21)13-24(3)15(2)19-12-17-6-4-5-7-18(17)25-19/h4-12,15H,13H2,1-3H3/t15-/m0/s1. The van der Waals surface area contributed by atoms with E-state index in [4.69, 9.17) is 8.94 Å². The molecule has 0 bridgehead atoms. The van der Waals surface area contributed by atoms with Crippen LogP contribution in [0.5, 0.6) is 0 Å². The maximum atomic E-state index is 5.97. The zero-order valence-corrected chi connectivity index (χ0v) is 15.1. The van der Waals surface area contributed by atoms with Crippen LogP contribution < -0.4 is 0 Å². The van der Waals surface area contributed by atoms with Crippen molar-refractivity contribution < 1.29 is 8.94 Å². The normalized spacial score (nSPS) is 12.8. The zero-order chi connectivity index (χ0) is 18.1. The maximum Gasteiger partial charge on any atom is 0.241 e. The van der Waals surface area contributed by atoms with E-state index in [1.807, 2.05) is 49.5 Å². The third kappa shape index (κ3) is 3.26. The molecule has 0 fully saturated rings. The fourth-order valence-corrected chi connectivity index (χ4v) is 2.91. The largest absolute Gasteiger partial charge is 0.459 e. The monoisotopic (exact) mass is 347 g/mol. The summed E-state index contributed by atoms with van der Waals surface area (Å²) < 4.78 is 11.4. The Kier molecular flexibility index (Phi) is 4.31. The van der Waals surface area contributed by atoms with Crippen molar-refractivity contribution in [3.63, 3.8) is 0 Å². The van der Waals surface area contributed by atoms with E-state index in [-0.39, 0.29) is 6.04 Å². The predicted octanol–water partition coefficient (Wildman–Crippen LogP) is 4.98. The molecule has 1 atom stereocenters. The second-order valence-electron chi connectivity index (χ2n) is 6.66. The number of rotatable bonds is 5. The highest BCUT2D eigenvalue weighted by Crippen LogP contribution is 2.27. The smallest absolute Gasteiger partial charge is 0.241 e. The molecule has 0 radical (unpaired) electrons. The van der Waals surface area contributed by atoms with E-state index in [9.17, 15) is 0 Å². The minimum absolute atomic E-state index is 0.0946. The van der Waals surface area contributed by atoms with Crippen LogP contribution in [0.2, 0.25) is 0 Å². The lowest BCUT2D eigenvalue weighted by molar-refractivity contribution is 0.198. The molecule has 0 aliphatic heterocycles. The minimum atomic E-state index is 0.0946. The van der Waals surface area contributed by atoms with Crippen molar-refractivity contribution in [2.24, 2.45) is 0 Å². The number of furan rings is 1. The Bertz CT molecular complexity index is 984. The van der Waals surface area contributed by atoms with Gasteiger partial charge in [0.1, 0.15) is 11.3 Å². The molecule has 2 aromatic heterocycles. The van der Waals surface area contributed by atoms with E-state index in [2.05, 4.69) is 41.0 Å². The van der Waals surface area contributed by atoms with Gasteiger partial charge in [-0.25, -0.2) is 0 Å². The maximum absolute atomic E-state index is 5.97. The highest BCUT2D eigenvalue weighted by molar-refractivity contribution is 5.77. The minimum Gasteiger partial charge on any atom is -0.459 e. The topological polar surface area (TPSA) is 55.3 Å². The summed E-state index contributed by atoms with van der Waals surface area (Å²) >= 11 is 0. The van der Waals surface area contributed by atoms with Gasteiger partial charge >= 0.3 is 0 Å². The summed E-state index contributed by atoms with van der Waals surface area (Å²) in [7, 11) is 2.02. The Balaban J connectivity index is 1.49. The first-order valence-electron chi connectivity index (χ1n) is 8.68. The Morgan fingerprint density at radius 1 is 1.08 bits per heavy atom. The molecule has 0 amide bonds. The Labute approximate surface area is 152 Å². The number of fused-ring (bicyclic) bond motifs is 1. The number of benzene rings is 2. The third-order valence-electron chi connectivity index (χ3n) is 4.68. The molecule has 5 nitrogen and oxygen atoms in total. The number of hydrogen-bond acceptors (Lipinski definition) is 5. The van der Waals surface area contributed by atoms with E-state index in [1.54, 1.807) is 0 Å². The number of nitrogens with zero attached hydrogens (tertiary/aromatic N) is 3. The van der Waals surface area contributed by atoms with Crippen molar-refractivity contribution in [3.8, 4) is 11.4 Å². The Morgan fingerprint density at radius 3 is 2.62 bits per heavy atom. The van der Waals surface area contributed by atoms with Gasteiger partial charge in [-0.2, -0.15) is 4.98 Å². The second kappa shape index (κ2) is 6.77. The molecule has 2 aromatic carbocycles. The summed E-state index contributed by atoms with van der Waals surface area (Å²) in [6.07, 6.45) is 0. The van der Waals surface area contributed by atoms with E-state index >= 15 is 0 Å². The molecule has 26 heavy (non-hydrogen) atoms. The fourth-order valence-electron chi connectivity index (χ4n) is 2.91. The van der Waals surface area contributed by atoms with Crippen LogP contribution in [0, 0.1) is 6.92 Å². The van der Waals surface area contributed by atoms with Gasteiger partial charge in [-0.1, -0.05) is 53.2 Å². The predicted molar refractivity (Wildman–Crippen MR) is 101 cm³/mol. The summed E-state index contributed by atoms with van der Waals surface area (Å²) in [5.41, 5.74) is 3.07. The number of para-hydroxylation sites is 1. The molecule has 2 heterocycles. The van der Waals surface area contributed by atoms with Crippen molar-refractivity contribution in [2.75, 3.05) is 7.05 Å². The molecule has 0 aliphatic carbocycles. The van der Waals surface area contributed by atoms with Gasteiger partial charge in [0.2, 0.25) is 11.7 Å². The molecule has 0 N–H and O–H groups in total. The van der Waals surface area contributed by atoms with Crippen LogP contribution in [0.15, 0.2) is 63.5 Å². The molecule has 4 aromatic rings. The number of hydrogen-bond donors (Lipinski definition) is 0. The lowest BCUT2D eigenvalue weighted by Gasteiger charge is -2.20. The van der Waals surface area contributed by atoms with Crippen molar-refractivity contribution in [1.82, 2.24) is 15.0 Å². The van der Waals surface area contributed by atoms with Gasteiger partial charge in [-0.15, -0.1) is 0 Å². The van der Waals surface area contributed by atoms with E-state index in [1.165, 1.54) is 5.56 Å². The summed E-state index contributed by atoms with van der Waals surface area (Å²) in [6, 6.07) is 18.3. The molecule has 132 valence electrons. The lowest BCUT2D eigenvalue weighted by Crippen LogP contribution is -2.21. The summed E-state index contributed by atoms with van der Waals surface area (Å²) in [5.74, 6) is 2.13. The van der Waals surface area contributed by atoms with Crippen LogP contribution in [0.1, 0.15) is 30.2 Å². The van der Waals surface area contributed by atoms with E-state index in [0.717, 1.165) is 22.3 Å². The lowest BCUT2D eigenvalue weighted by atomic mass is 10.1. The van der Waals surface area contributed by atoms with Gasteiger partial charge in [0, 0.05) is 10.9 Å². The second-order valence-corrected chi connectivity index (χ2v) is 6.66. The van der Waals surface area contributed by atoms with Crippen LogP contribution in [0.3, 0.4) is 0 Å². The van der Waals surface area contributed by atoms with Gasteiger partial charge in [-0.3, -0.25) is 4.90 Å². The molecule has 0 spiro atoms. The van der Waals surface area contributed by atoms with Gasteiger partial charge in [0.25, 0.3) is 0 Å². The van der Waals surface area contributed by atoms with Crippen molar-refractivity contribution >= 4 is 11.0 Å². The molecule has 0 aliphatic rings. The van der Waals surface area contributed by atoms with Gasteiger partial charge in [0.05, 0.1) is 12.6 Å². The van der Waals surface area contributed by atoms with Crippen LogP contribution in [0.25, 0.3) is 22.4 Å². The summed E-state index contributed by atoms with van der Waals surface area (Å²) in [4.78, 5) is 6.65. The summed E-state index contributed by atoms with van der Waals surface area (Å²) in [6.45, 7) is 4.71. The van der Waals surface area contributed by atoms with Crippen LogP contribution >= 0.6 is 0 Å². The number of aromatic nitrogens is 2. The van der Waals surface area contributed by atoms with E-state index in [0.29, 0.717) is 18.3 Å². The molecule has 4 rings (SSSR count). The highest BCUT2D eigenvalue weighted by Gasteiger charge is 2.19. The van der Waals surface area contributed by atoms with E-state index < -0.39 is 0 Å². The van der Waals surface area contributed by atoms with Gasteiger partial charge in [0.15, 0.2) is 0 Å². The first kappa shape index (κ1) is 16.5.